The Labute approximate surface area is 141 Å². The van der Waals surface area contributed by atoms with E-state index < -0.39 is 0 Å². The minimum absolute atomic E-state index is 0.0876. The van der Waals surface area contributed by atoms with E-state index >= 15 is 0 Å². The summed E-state index contributed by atoms with van der Waals surface area (Å²) in [5.74, 6) is 0.773. The topological polar surface area (TPSA) is 59.3 Å². The summed E-state index contributed by atoms with van der Waals surface area (Å²) < 4.78 is 5.41. The fourth-order valence-corrected chi connectivity index (χ4v) is 2.96. The van der Waals surface area contributed by atoms with Gasteiger partial charge >= 0.3 is 0 Å². The van der Waals surface area contributed by atoms with E-state index in [1.54, 1.807) is 24.3 Å². The summed E-state index contributed by atoms with van der Waals surface area (Å²) in [5.41, 5.74) is 2.83. The standard InChI is InChI=1S/C20H21NO3/c22-14-18-9-10-19(24-18)16-7-4-8-17(13-16)20(23)21-12-11-15-5-2-1-3-6-15/h4-5,7-10,13-14H,1-3,6,11-12H2,(H,21,23). The third kappa shape index (κ3) is 4.02. The Kier molecular flexibility index (Phi) is 5.26. The Morgan fingerprint density at radius 1 is 1.21 bits per heavy atom. The van der Waals surface area contributed by atoms with E-state index in [2.05, 4.69) is 11.4 Å². The van der Waals surface area contributed by atoms with Crippen LogP contribution < -0.4 is 5.32 Å². The van der Waals surface area contributed by atoms with Gasteiger partial charge in [-0.2, -0.15) is 0 Å². The Bertz CT molecular complexity index is 758. The van der Waals surface area contributed by atoms with E-state index in [0.717, 1.165) is 24.8 Å². The van der Waals surface area contributed by atoms with Crippen LogP contribution in [0.4, 0.5) is 0 Å². The van der Waals surface area contributed by atoms with Gasteiger partial charge in [0.15, 0.2) is 12.0 Å². The maximum atomic E-state index is 12.3. The van der Waals surface area contributed by atoms with E-state index in [4.69, 9.17) is 4.42 Å². The van der Waals surface area contributed by atoms with Gasteiger partial charge in [-0.1, -0.05) is 23.8 Å². The fraction of sp³-hybridized carbons (Fsp3) is 0.300. The molecule has 1 heterocycles. The van der Waals surface area contributed by atoms with Gasteiger partial charge in [0.2, 0.25) is 0 Å². The number of furan rings is 1. The Balaban J connectivity index is 1.61. The molecule has 0 unspecified atom stereocenters. The molecule has 1 aliphatic rings. The van der Waals surface area contributed by atoms with Gasteiger partial charge in [0.1, 0.15) is 5.76 Å². The number of allylic oxidation sites excluding steroid dienone is 1. The van der Waals surface area contributed by atoms with Crippen LogP contribution in [0.25, 0.3) is 11.3 Å². The zero-order chi connectivity index (χ0) is 16.8. The van der Waals surface area contributed by atoms with Gasteiger partial charge in [0.25, 0.3) is 5.91 Å². The van der Waals surface area contributed by atoms with E-state index in [0.29, 0.717) is 24.2 Å². The maximum absolute atomic E-state index is 12.3. The van der Waals surface area contributed by atoms with Crippen LogP contribution in [-0.4, -0.2) is 18.7 Å². The lowest BCUT2D eigenvalue weighted by Crippen LogP contribution is -2.24. The van der Waals surface area contributed by atoms with Crippen LogP contribution in [0.2, 0.25) is 0 Å². The quantitative estimate of drug-likeness (QED) is 0.634. The average Bonchev–Trinajstić information content (AvgIpc) is 3.12. The molecule has 0 saturated carbocycles. The summed E-state index contributed by atoms with van der Waals surface area (Å²) in [6.45, 7) is 0.658. The van der Waals surface area contributed by atoms with Crippen LogP contribution in [0.15, 0.2) is 52.5 Å². The number of amides is 1. The number of hydrogen-bond acceptors (Lipinski definition) is 3. The second-order valence-corrected chi connectivity index (χ2v) is 6.01. The predicted octanol–water partition coefficient (Wildman–Crippen LogP) is 4.38. The highest BCUT2D eigenvalue weighted by atomic mass is 16.3. The number of benzene rings is 1. The second-order valence-electron chi connectivity index (χ2n) is 6.01. The molecular formula is C20H21NO3. The zero-order valence-electron chi connectivity index (χ0n) is 13.6. The Morgan fingerprint density at radius 3 is 2.88 bits per heavy atom. The van der Waals surface area contributed by atoms with Gasteiger partial charge in [-0.25, -0.2) is 0 Å². The van der Waals surface area contributed by atoms with Crippen molar-refractivity contribution in [3.63, 3.8) is 0 Å². The fourth-order valence-electron chi connectivity index (χ4n) is 2.96. The highest BCUT2D eigenvalue weighted by molar-refractivity contribution is 5.95. The van der Waals surface area contributed by atoms with Crippen molar-refractivity contribution in [2.75, 3.05) is 6.54 Å². The first-order valence-corrected chi connectivity index (χ1v) is 8.38. The van der Waals surface area contributed by atoms with Crippen molar-refractivity contribution in [3.8, 4) is 11.3 Å². The molecule has 1 amide bonds. The normalized spacial score (nSPS) is 14.1. The van der Waals surface area contributed by atoms with E-state index in [1.165, 1.54) is 18.4 Å². The van der Waals surface area contributed by atoms with Crippen molar-refractivity contribution in [2.45, 2.75) is 32.1 Å². The zero-order valence-corrected chi connectivity index (χ0v) is 13.6. The molecule has 1 N–H and O–H groups in total. The maximum Gasteiger partial charge on any atom is 0.251 e. The highest BCUT2D eigenvalue weighted by Gasteiger charge is 2.10. The second kappa shape index (κ2) is 7.77. The molecule has 0 atom stereocenters. The number of aldehydes is 1. The largest absolute Gasteiger partial charge is 0.453 e. The summed E-state index contributed by atoms with van der Waals surface area (Å²) in [5, 5.41) is 2.97. The van der Waals surface area contributed by atoms with Crippen LogP contribution in [-0.2, 0) is 0 Å². The van der Waals surface area contributed by atoms with Gasteiger partial charge in [-0.3, -0.25) is 9.59 Å². The smallest absolute Gasteiger partial charge is 0.251 e. The van der Waals surface area contributed by atoms with E-state index in [-0.39, 0.29) is 11.7 Å². The molecule has 4 heteroatoms. The van der Waals surface area contributed by atoms with Crippen LogP contribution in [0.3, 0.4) is 0 Å². The number of rotatable bonds is 6. The summed E-state index contributed by atoms with van der Waals surface area (Å²) in [6.07, 6.45) is 8.75. The molecule has 1 aromatic heterocycles. The number of carbonyl (C=O) groups is 2. The molecule has 0 spiro atoms. The lowest BCUT2D eigenvalue weighted by atomic mass is 9.97. The highest BCUT2D eigenvalue weighted by Crippen LogP contribution is 2.23. The summed E-state index contributed by atoms with van der Waals surface area (Å²) in [7, 11) is 0. The molecule has 1 aromatic carbocycles. The van der Waals surface area contributed by atoms with Crippen molar-refractivity contribution in [2.24, 2.45) is 0 Å². The monoisotopic (exact) mass is 323 g/mol. The molecule has 2 aromatic rings. The third-order valence-corrected chi connectivity index (χ3v) is 4.27. The van der Waals surface area contributed by atoms with E-state index in [1.807, 2.05) is 12.1 Å². The van der Waals surface area contributed by atoms with Crippen LogP contribution >= 0.6 is 0 Å². The molecule has 3 rings (SSSR count). The molecule has 0 radical (unpaired) electrons. The number of hydrogen-bond donors (Lipinski definition) is 1. The van der Waals surface area contributed by atoms with Gasteiger partial charge in [-0.05, 0) is 56.4 Å². The predicted molar refractivity (Wildman–Crippen MR) is 93.0 cm³/mol. The molecule has 0 saturated heterocycles. The van der Waals surface area contributed by atoms with Crippen molar-refractivity contribution in [1.29, 1.82) is 0 Å². The number of carbonyl (C=O) groups excluding carboxylic acids is 2. The van der Waals surface area contributed by atoms with Crippen molar-refractivity contribution < 1.29 is 14.0 Å². The minimum atomic E-state index is -0.0876. The van der Waals surface area contributed by atoms with Crippen molar-refractivity contribution in [3.05, 3.63) is 59.4 Å². The molecular weight excluding hydrogens is 302 g/mol. The molecule has 0 bridgehead atoms. The Morgan fingerprint density at radius 2 is 2.12 bits per heavy atom. The first-order valence-electron chi connectivity index (χ1n) is 8.38. The average molecular weight is 323 g/mol. The molecule has 0 aliphatic heterocycles. The van der Waals surface area contributed by atoms with Gasteiger partial charge in [-0.15, -0.1) is 0 Å². The van der Waals surface area contributed by atoms with Crippen LogP contribution in [0.5, 0.6) is 0 Å². The summed E-state index contributed by atoms with van der Waals surface area (Å²) in [6, 6.07) is 10.6. The number of nitrogens with one attached hydrogen (secondary N) is 1. The third-order valence-electron chi connectivity index (χ3n) is 4.27. The lowest BCUT2D eigenvalue weighted by Gasteiger charge is -2.13. The summed E-state index contributed by atoms with van der Waals surface area (Å²) >= 11 is 0. The van der Waals surface area contributed by atoms with Gasteiger partial charge in [0.05, 0.1) is 0 Å². The van der Waals surface area contributed by atoms with Crippen molar-refractivity contribution >= 4 is 12.2 Å². The molecule has 0 fully saturated rings. The van der Waals surface area contributed by atoms with Crippen LogP contribution in [0.1, 0.15) is 53.0 Å². The summed E-state index contributed by atoms with van der Waals surface area (Å²) in [4.78, 5) is 23.0. The molecule has 124 valence electrons. The van der Waals surface area contributed by atoms with E-state index in [9.17, 15) is 9.59 Å². The lowest BCUT2D eigenvalue weighted by molar-refractivity contribution is 0.0953. The first kappa shape index (κ1) is 16.2. The minimum Gasteiger partial charge on any atom is -0.453 e. The van der Waals surface area contributed by atoms with Crippen LogP contribution in [0, 0.1) is 0 Å². The molecule has 24 heavy (non-hydrogen) atoms. The Hall–Kier alpha value is -2.62. The van der Waals surface area contributed by atoms with Gasteiger partial charge < -0.3 is 9.73 Å². The molecule has 1 aliphatic carbocycles. The van der Waals surface area contributed by atoms with Gasteiger partial charge in [0, 0.05) is 17.7 Å². The van der Waals surface area contributed by atoms with Crippen molar-refractivity contribution in [1.82, 2.24) is 5.32 Å². The first-order chi connectivity index (χ1) is 11.8. The molecule has 4 nitrogen and oxygen atoms in total. The SMILES string of the molecule is O=Cc1ccc(-c2cccc(C(=O)NCCC3=CCCCC3)c2)o1.